The molecule has 0 bridgehead atoms. The van der Waals surface area contributed by atoms with Crippen LogP contribution in [0.2, 0.25) is 5.02 Å². The molecule has 3 nitrogen and oxygen atoms in total. The zero-order chi connectivity index (χ0) is 13.1. The fourth-order valence-electron chi connectivity index (χ4n) is 2.09. The molecule has 106 valence electrons. The van der Waals surface area contributed by atoms with Gasteiger partial charge >= 0.3 is 0 Å². The molecule has 1 heterocycles. The molecule has 2 unspecified atom stereocenters. The largest absolute Gasteiger partial charge is 0.348 e. The lowest BCUT2D eigenvalue weighted by Gasteiger charge is -2.17. The molecule has 0 aliphatic carbocycles. The number of hydrogen-bond donors (Lipinski definition) is 2. The highest BCUT2D eigenvalue weighted by atomic mass is 35.5. The highest BCUT2D eigenvalue weighted by Gasteiger charge is 2.23. The van der Waals surface area contributed by atoms with Crippen molar-refractivity contribution in [2.75, 3.05) is 6.54 Å². The quantitative estimate of drug-likeness (QED) is 0.901. The van der Waals surface area contributed by atoms with Crippen LogP contribution < -0.4 is 10.6 Å². The van der Waals surface area contributed by atoms with Gasteiger partial charge < -0.3 is 10.6 Å². The second-order valence-electron chi connectivity index (χ2n) is 4.55. The van der Waals surface area contributed by atoms with E-state index in [1.54, 1.807) is 6.07 Å². The van der Waals surface area contributed by atoms with Crippen molar-refractivity contribution in [3.8, 4) is 0 Å². The Balaban J connectivity index is 0.00000180. The van der Waals surface area contributed by atoms with Crippen LogP contribution >= 0.6 is 24.0 Å². The number of nitrogens with one attached hydrogen (secondary N) is 2. The van der Waals surface area contributed by atoms with Crippen LogP contribution in [0.1, 0.15) is 31.4 Å². The Morgan fingerprint density at radius 2 is 2.32 bits per heavy atom. The third kappa shape index (κ3) is 4.06. The van der Waals surface area contributed by atoms with E-state index in [-0.39, 0.29) is 35.4 Å². The van der Waals surface area contributed by atoms with Crippen molar-refractivity contribution in [3.63, 3.8) is 0 Å². The highest BCUT2D eigenvalue weighted by molar-refractivity contribution is 6.30. The van der Waals surface area contributed by atoms with Gasteiger partial charge in [0.1, 0.15) is 5.82 Å². The van der Waals surface area contributed by atoms with Crippen LogP contribution in [-0.4, -0.2) is 18.5 Å². The molecule has 1 aromatic rings. The summed E-state index contributed by atoms with van der Waals surface area (Å²) >= 11 is 5.62. The Morgan fingerprint density at radius 1 is 1.58 bits per heavy atom. The van der Waals surface area contributed by atoms with E-state index in [2.05, 4.69) is 10.6 Å². The second kappa shape index (κ2) is 7.08. The standard InChI is InChI=1S/C13H16ClFN2O.ClH/c1-8(9-4-5-10(14)11(15)7-9)17-13(18)12-3-2-6-16-12;/h4-5,7-8,12,16H,2-3,6H2,1H3,(H,17,18);1H. The molecule has 6 heteroatoms. The van der Waals surface area contributed by atoms with Gasteiger partial charge in [0.25, 0.3) is 0 Å². The van der Waals surface area contributed by atoms with E-state index in [0.29, 0.717) is 5.56 Å². The summed E-state index contributed by atoms with van der Waals surface area (Å²) in [4.78, 5) is 11.9. The van der Waals surface area contributed by atoms with Gasteiger partial charge in [0.2, 0.25) is 5.91 Å². The number of carbonyl (C=O) groups is 1. The Hall–Kier alpha value is -0.840. The van der Waals surface area contributed by atoms with Crippen molar-refractivity contribution >= 4 is 29.9 Å². The van der Waals surface area contributed by atoms with E-state index < -0.39 is 5.82 Å². The monoisotopic (exact) mass is 306 g/mol. The normalized spacial score (nSPS) is 19.6. The molecule has 1 aromatic carbocycles. The van der Waals surface area contributed by atoms with Crippen LogP contribution in [0, 0.1) is 5.82 Å². The Kier molecular flexibility index (Phi) is 6.04. The molecule has 0 radical (unpaired) electrons. The average molecular weight is 307 g/mol. The summed E-state index contributed by atoms with van der Waals surface area (Å²) in [6.07, 6.45) is 1.87. The van der Waals surface area contributed by atoms with Gasteiger partial charge in [0.15, 0.2) is 0 Å². The Bertz CT molecular complexity index is 450. The number of amides is 1. The van der Waals surface area contributed by atoms with Crippen LogP contribution in [0.3, 0.4) is 0 Å². The number of carbonyl (C=O) groups excluding carboxylic acids is 1. The van der Waals surface area contributed by atoms with E-state index in [9.17, 15) is 9.18 Å². The summed E-state index contributed by atoms with van der Waals surface area (Å²) in [6.45, 7) is 2.71. The lowest BCUT2D eigenvalue weighted by atomic mass is 10.1. The smallest absolute Gasteiger partial charge is 0.237 e. The molecule has 1 aliphatic heterocycles. The molecule has 0 spiro atoms. The minimum Gasteiger partial charge on any atom is -0.348 e. The predicted octanol–water partition coefficient (Wildman–Crippen LogP) is 2.83. The van der Waals surface area contributed by atoms with Gasteiger partial charge in [-0.05, 0) is 44.0 Å². The van der Waals surface area contributed by atoms with Crippen molar-refractivity contribution in [2.45, 2.75) is 31.8 Å². The summed E-state index contributed by atoms with van der Waals surface area (Å²) in [5.41, 5.74) is 0.711. The first-order chi connectivity index (χ1) is 8.58. The minimum atomic E-state index is -0.464. The molecule has 0 saturated carbocycles. The molecule has 1 amide bonds. The van der Waals surface area contributed by atoms with Crippen molar-refractivity contribution in [2.24, 2.45) is 0 Å². The third-order valence-corrected chi connectivity index (χ3v) is 3.49. The summed E-state index contributed by atoms with van der Waals surface area (Å²) in [5.74, 6) is -0.496. The molecule has 1 fully saturated rings. The zero-order valence-corrected chi connectivity index (χ0v) is 12.2. The van der Waals surface area contributed by atoms with Gasteiger partial charge in [-0.15, -0.1) is 12.4 Å². The lowest BCUT2D eigenvalue weighted by molar-refractivity contribution is -0.123. The highest BCUT2D eigenvalue weighted by Crippen LogP contribution is 2.20. The van der Waals surface area contributed by atoms with Gasteiger partial charge in [-0.25, -0.2) is 4.39 Å². The molecular weight excluding hydrogens is 290 g/mol. The summed E-state index contributed by atoms with van der Waals surface area (Å²) < 4.78 is 13.3. The van der Waals surface area contributed by atoms with Crippen molar-refractivity contribution in [3.05, 3.63) is 34.6 Å². The predicted molar refractivity (Wildman–Crippen MR) is 76.2 cm³/mol. The van der Waals surface area contributed by atoms with Crippen LogP contribution in [0.25, 0.3) is 0 Å². The fraction of sp³-hybridized carbons (Fsp3) is 0.462. The van der Waals surface area contributed by atoms with Crippen molar-refractivity contribution in [1.82, 2.24) is 10.6 Å². The van der Waals surface area contributed by atoms with Crippen LogP contribution in [-0.2, 0) is 4.79 Å². The maximum absolute atomic E-state index is 13.3. The first-order valence-electron chi connectivity index (χ1n) is 6.06. The topological polar surface area (TPSA) is 41.1 Å². The number of halogens is 3. The van der Waals surface area contributed by atoms with Gasteiger partial charge in [-0.3, -0.25) is 4.79 Å². The van der Waals surface area contributed by atoms with Gasteiger partial charge in [0, 0.05) is 0 Å². The molecule has 1 saturated heterocycles. The Morgan fingerprint density at radius 3 is 2.89 bits per heavy atom. The molecule has 1 aliphatic rings. The first kappa shape index (κ1) is 16.2. The van der Waals surface area contributed by atoms with E-state index in [0.717, 1.165) is 19.4 Å². The van der Waals surface area contributed by atoms with Crippen molar-refractivity contribution in [1.29, 1.82) is 0 Å². The maximum atomic E-state index is 13.3. The van der Waals surface area contributed by atoms with Gasteiger partial charge in [-0.1, -0.05) is 17.7 Å². The second-order valence-corrected chi connectivity index (χ2v) is 4.96. The number of rotatable bonds is 3. The first-order valence-corrected chi connectivity index (χ1v) is 6.44. The average Bonchev–Trinajstić information content (AvgIpc) is 2.86. The van der Waals surface area contributed by atoms with E-state index in [1.165, 1.54) is 12.1 Å². The van der Waals surface area contributed by atoms with Crippen molar-refractivity contribution < 1.29 is 9.18 Å². The SMILES string of the molecule is CC(NC(=O)C1CCCN1)c1ccc(Cl)c(F)c1.Cl. The molecule has 2 atom stereocenters. The number of hydrogen-bond acceptors (Lipinski definition) is 2. The summed E-state index contributed by atoms with van der Waals surface area (Å²) in [7, 11) is 0. The van der Waals surface area contributed by atoms with Gasteiger partial charge in [0.05, 0.1) is 17.1 Å². The van der Waals surface area contributed by atoms with E-state index in [1.807, 2.05) is 6.92 Å². The molecule has 2 N–H and O–H groups in total. The minimum absolute atomic E-state index is 0. The third-order valence-electron chi connectivity index (χ3n) is 3.18. The summed E-state index contributed by atoms with van der Waals surface area (Å²) in [5, 5.41) is 6.09. The van der Waals surface area contributed by atoms with Gasteiger partial charge in [-0.2, -0.15) is 0 Å². The van der Waals surface area contributed by atoms with Crippen LogP contribution in [0.15, 0.2) is 18.2 Å². The van der Waals surface area contributed by atoms with Crippen LogP contribution in [0.4, 0.5) is 4.39 Å². The molecule has 19 heavy (non-hydrogen) atoms. The molecule has 0 aromatic heterocycles. The fourth-order valence-corrected chi connectivity index (χ4v) is 2.20. The number of benzene rings is 1. The maximum Gasteiger partial charge on any atom is 0.237 e. The van der Waals surface area contributed by atoms with Crippen LogP contribution in [0.5, 0.6) is 0 Å². The lowest BCUT2D eigenvalue weighted by Crippen LogP contribution is -2.41. The zero-order valence-electron chi connectivity index (χ0n) is 10.6. The Labute approximate surface area is 123 Å². The van der Waals surface area contributed by atoms with E-state index in [4.69, 9.17) is 11.6 Å². The summed E-state index contributed by atoms with van der Waals surface area (Å²) in [6, 6.07) is 4.23. The molecular formula is C13H17Cl2FN2O. The molecule has 2 rings (SSSR count). The van der Waals surface area contributed by atoms with E-state index >= 15 is 0 Å².